The van der Waals surface area contributed by atoms with Gasteiger partial charge in [0.1, 0.15) is 10.7 Å². The highest BCUT2D eigenvalue weighted by molar-refractivity contribution is 7.92. The van der Waals surface area contributed by atoms with Crippen molar-refractivity contribution in [2.24, 2.45) is 0 Å². The molecule has 0 fully saturated rings. The van der Waals surface area contributed by atoms with Gasteiger partial charge in [-0.2, -0.15) is 5.10 Å². The van der Waals surface area contributed by atoms with E-state index in [2.05, 4.69) is 10.4 Å². The maximum absolute atomic E-state index is 13.3. The van der Waals surface area contributed by atoms with Crippen molar-refractivity contribution in [2.75, 3.05) is 5.32 Å². The Hall–Kier alpha value is -2.13. The molecule has 2 heterocycles. The zero-order valence-corrected chi connectivity index (χ0v) is 16.7. The Morgan fingerprint density at radius 1 is 1.41 bits per heavy atom. The molecule has 2 aromatic rings. The molecule has 10 heteroatoms. The summed E-state index contributed by atoms with van der Waals surface area (Å²) in [7, 11) is -3.51. The van der Waals surface area contributed by atoms with Crippen LogP contribution in [0.25, 0.3) is 0 Å². The second-order valence-corrected chi connectivity index (χ2v) is 9.65. The van der Waals surface area contributed by atoms with Crippen LogP contribution in [0.15, 0.2) is 29.3 Å². The number of nitrogens with one attached hydrogen (secondary N) is 1. The minimum Gasteiger partial charge on any atom is -0.314 e. The molecule has 2 amide bonds. The molecule has 1 atom stereocenters. The minimum atomic E-state index is -3.51. The summed E-state index contributed by atoms with van der Waals surface area (Å²) in [6.45, 7) is 5.53. The molecule has 0 spiro atoms. The van der Waals surface area contributed by atoms with Crippen molar-refractivity contribution in [3.8, 4) is 0 Å². The number of carbonyl (C=O) groups excluding carboxylic acids is 1. The Bertz CT molecular complexity index is 990. The lowest BCUT2D eigenvalue weighted by atomic mass is 10.2. The number of urea groups is 1. The summed E-state index contributed by atoms with van der Waals surface area (Å²) in [4.78, 5) is 14.4. The number of amides is 2. The van der Waals surface area contributed by atoms with E-state index in [0.717, 1.165) is 0 Å². The summed E-state index contributed by atoms with van der Waals surface area (Å²) >= 11 is 5.75. The fourth-order valence-corrected chi connectivity index (χ4v) is 4.29. The number of fused-ring (bicyclic) bond motifs is 1. The Balaban J connectivity index is 1.86. The van der Waals surface area contributed by atoms with Crippen molar-refractivity contribution < 1.29 is 17.6 Å². The maximum atomic E-state index is 13.3. The van der Waals surface area contributed by atoms with Crippen LogP contribution in [0.5, 0.6) is 0 Å². The molecule has 0 saturated carbocycles. The second kappa shape index (κ2) is 7.12. The fourth-order valence-electron chi connectivity index (χ4n) is 2.91. The van der Waals surface area contributed by atoms with E-state index < -0.39 is 26.9 Å². The van der Waals surface area contributed by atoms with E-state index in [4.69, 9.17) is 11.6 Å². The molecule has 1 aromatic carbocycles. The van der Waals surface area contributed by atoms with Gasteiger partial charge in [-0.1, -0.05) is 11.6 Å². The van der Waals surface area contributed by atoms with Crippen LogP contribution in [0.2, 0.25) is 5.02 Å². The van der Waals surface area contributed by atoms with Gasteiger partial charge in [0.05, 0.1) is 41.3 Å². The van der Waals surface area contributed by atoms with Gasteiger partial charge in [0.15, 0.2) is 9.84 Å². The lowest BCUT2D eigenvalue weighted by Crippen LogP contribution is -2.47. The molecule has 0 bridgehead atoms. The maximum Gasteiger partial charge on any atom is 0.322 e. The van der Waals surface area contributed by atoms with Crippen LogP contribution in [0.4, 0.5) is 14.9 Å². The highest BCUT2D eigenvalue weighted by Crippen LogP contribution is 2.27. The van der Waals surface area contributed by atoms with Gasteiger partial charge in [-0.3, -0.25) is 4.68 Å². The van der Waals surface area contributed by atoms with E-state index in [9.17, 15) is 17.6 Å². The third-order valence-corrected chi connectivity index (χ3v) is 7.04. The van der Waals surface area contributed by atoms with Gasteiger partial charge in [-0.25, -0.2) is 17.6 Å². The third-order valence-electron chi connectivity index (χ3n) is 4.56. The number of carbonyl (C=O) groups is 1. The van der Waals surface area contributed by atoms with E-state index in [-0.39, 0.29) is 22.5 Å². The zero-order chi connectivity index (χ0) is 19.9. The fraction of sp³-hybridized carbons (Fsp3) is 0.412. The van der Waals surface area contributed by atoms with E-state index >= 15 is 0 Å². The van der Waals surface area contributed by atoms with Crippen molar-refractivity contribution in [3.63, 3.8) is 0 Å². The summed E-state index contributed by atoms with van der Waals surface area (Å²) in [5, 5.41) is 6.16. The van der Waals surface area contributed by atoms with Crippen LogP contribution in [0.3, 0.4) is 0 Å². The molecule has 3 rings (SSSR count). The smallest absolute Gasteiger partial charge is 0.314 e. The van der Waals surface area contributed by atoms with Crippen LogP contribution in [-0.2, 0) is 22.9 Å². The lowest BCUT2D eigenvalue weighted by Gasteiger charge is -2.34. The largest absolute Gasteiger partial charge is 0.322 e. The molecular formula is C17H20ClFN4O3S. The Morgan fingerprint density at radius 3 is 2.74 bits per heavy atom. The molecule has 27 heavy (non-hydrogen) atoms. The van der Waals surface area contributed by atoms with Crippen molar-refractivity contribution in [2.45, 2.75) is 50.0 Å². The number of hydrogen-bond acceptors (Lipinski definition) is 4. The van der Waals surface area contributed by atoms with Gasteiger partial charge in [0.2, 0.25) is 0 Å². The van der Waals surface area contributed by atoms with Crippen LogP contribution >= 0.6 is 11.6 Å². The van der Waals surface area contributed by atoms with Gasteiger partial charge in [0.25, 0.3) is 0 Å². The Labute approximate surface area is 162 Å². The average molecular weight is 415 g/mol. The first kappa shape index (κ1) is 19.6. The number of hydrogen-bond donors (Lipinski definition) is 1. The first-order valence-electron chi connectivity index (χ1n) is 8.42. The highest BCUT2D eigenvalue weighted by atomic mass is 35.5. The van der Waals surface area contributed by atoms with Gasteiger partial charge in [0, 0.05) is 5.69 Å². The number of aromatic nitrogens is 2. The normalized spacial score (nSPS) is 17.1. The summed E-state index contributed by atoms with van der Waals surface area (Å²) in [5.41, 5.74) is 0.835. The zero-order valence-electron chi connectivity index (χ0n) is 15.1. The van der Waals surface area contributed by atoms with Crippen molar-refractivity contribution in [1.82, 2.24) is 14.7 Å². The predicted octanol–water partition coefficient (Wildman–Crippen LogP) is 3.29. The van der Waals surface area contributed by atoms with Gasteiger partial charge in [-0.15, -0.1) is 0 Å². The molecule has 0 radical (unpaired) electrons. The monoisotopic (exact) mass is 414 g/mol. The molecular weight excluding hydrogens is 395 g/mol. The minimum absolute atomic E-state index is 0.0946. The van der Waals surface area contributed by atoms with E-state index in [0.29, 0.717) is 17.9 Å². The quantitative estimate of drug-likeness (QED) is 0.835. The van der Waals surface area contributed by atoms with Crippen LogP contribution < -0.4 is 5.32 Å². The topological polar surface area (TPSA) is 84.3 Å². The Morgan fingerprint density at radius 2 is 2.11 bits per heavy atom. The molecule has 1 aliphatic rings. The number of sulfone groups is 1. The standard InChI is InChI=1S/C17H20ClFN4O3S/c1-10(2)27(25,26)16-7-20-23-8-11(3)22(9-15(16)23)17(24)21-12-4-5-14(19)13(18)6-12/h4-7,10-11H,8-9H2,1-3H3,(H,21,24). The van der Waals surface area contributed by atoms with Crippen molar-refractivity contribution in [3.05, 3.63) is 40.9 Å². The highest BCUT2D eigenvalue weighted by Gasteiger charge is 2.34. The SMILES string of the molecule is CC1Cn2ncc(S(=O)(=O)C(C)C)c2CN1C(=O)Nc1ccc(F)c(Cl)c1. The summed E-state index contributed by atoms with van der Waals surface area (Å²) in [5.74, 6) is -0.576. The van der Waals surface area contributed by atoms with Gasteiger partial charge in [-0.05, 0) is 39.0 Å². The molecule has 0 aliphatic carbocycles. The van der Waals surface area contributed by atoms with Gasteiger partial charge < -0.3 is 10.2 Å². The Kier molecular flexibility index (Phi) is 5.18. The molecule has 1 unspecified atom stereocenters. The first-order chi connectivity index (χ1) is 12.6. The van der Waals surface area contributed by atoms with Crippen molar-refractivity contribution in [1.29, 1.82) is 0 Å². The predicted molar refractivity (Wildman–Crippen MR) is 100.0 cm³/mol. The number of halogens is 2. The first-order valence-corrected chi connectivity index (χ1v) is 10.3. The summed E-state index contributed by atoms with van der Waals surface area (Å²) in [6.07, 6.45) is 1.35. The van der Waals surface area contributed by atoms with E-state index in [1.807, 2.05) is 6.92 Å². The summed E-state index contributed by atoms with van der Waals surface area (Å²) < 4.78 is 40.0. The second-order valence-electron chi connectivity index (χ2n) is 6.77. The van der Waals surface area contributed by atoms with Crippen molar-refractivity contribution >= 4 is 33.2 Å². The average Bonchev–Trinajstić information content (AvgIpc) is 3.00. The van der Waals surface area contributed by atoms with Crippen LogP contribution in [0.1, 0.15) is 26.5 Å². The molecule has 0 saturated heterocycles. The number of benzene rings is 1. The summed E-state index contributed by atoms with van der Waals surface area (Å²) in [6, 6.07) is 3.27. The molecule has 146 valence electrons. The van der Waals surface area contributed by atoms with Crippen LogP contribution in [-0.4, -0.2) is 40.4 Å². The lowest BCUT2D eigenvalue weighted by molar-refractivity contribution is 0.160. The van der Waals surface area contributed by atoms with E-state index in [1.54, 1.807) is 18.5 Å². The number of rotatable bonds is 3. The molecule has 1 aliphatic heterocycles. The number of anilines is 1. The molecule has 1 aromatic heterocycles. The number of nitrogens with zero attached hydrogens (tertiary/aromatic N) is 3. The molecule has 7 nitrogen and oxygen atoms in total. The van der Waals surface area contributed by atoms with E-state index in [1.165, 1.54) is 29.3 Å². The van der Waals surface area contributed by atoms with Crippen LogP contribution in [0, 0.1) is 5.82 Å². The third kappa shape index (κ3) is 3.66. The molecule has 1 N–H and O–H groups in total. The van der Waals surface area contributed by atoms with Gasteiger partial charge >= 0.3 is 6.03 Å².